The highest BCUT2D eigenvalue weighted by molar-refractivity contribution is 8.15. The average Bonchev–Trinajstić information content (AvgIpc) is 2.92. The van der Waals surface area contributed by atoms with Gasteiger partial charge < -0.3 is 4.74 Å². The van der Waals surface area contributed by atoms with E-state index in [-0.39, 0.29) is 22.3 Å². The van der Waals surface area contributed by atoms with E-state index in [0.29, 0.717) is 12.2 Å². The Labute approximate surface area is 167 Å². The highest BCUT2D eigenvalue weighted by Crippen LogP contribution is 2.44. The van der Waals surface area contributed by atoms with Gasteiger partial charge in [-0.3, -0.25) is 9.59 Å². The van der Waals surface area contributed by atoms with Crippen molar-refractivity contribution in [3.05, 3.63) is 47.2 Å². The van der Waals surface area contributed by atoms with Crippen LogP contribution in [0.15, 0.2) is 36.1 Å². The molecule has 1 heterocycles. The molecular formula is C23H32O3S. The van der Waals surface area contributed by atoms with Gasteiger partial charge in [0.15, 0.2) is 5.78 Å². The summed E-state index contributed by atoms with van der Waals surface area (Å²) in [5.41, 5.74) is 2.18. The largest absolute Gasteiger partial charge is 0.489 e. The van der Waals surface area contributed by atoms with Gasteiger partial charge in [-0.05, 0) is 25.8 Å². The maximum atomic E-state index is 12.3. The predicted octanol–water partition coefficient (Wildman–Crippen LogP) is 5.79. The third kappa shape index (κ3) is 7.17. The normalized spacial score (nSPS) is 19.2. The second kappa shape index (κ2) is 10.7. The number of Topliss-reactive ketones (excluding diaryl/α,β-unsaturated/α-hetero) is 1. The summed E-state index contributed by atoms with van der Waals surface area (Å²) in [6.45, 7) is 6.33. The van der Waals surface area contributed by atoms with Crippen molar-refractivity contribution >= 4 is 22.7 Å². The average molecular weight is 389 g/mol. The first-order valence-electron chi connectivity index (χ1n) is 10.1. The minimum Gasteiger partial charge on any atom is -0.489 e. The molecule has 27 heavy (non-hydrogen) atoms. The molecule has 4 heteroatoms. The molecule has 148 valence electrons. The molecule has 0 fully saturated rings. The van der Waals surface area contributed by atoms with Gasteiger partial charge in [0.2, 0.25) is 5.12 Å². The Kier molecular flexibility index (Phi) is 8.62. The standard InChI is InChI=1S/C23H32O3S/c1-4-5-6-7-8-9-14-23(3)21(16-22(25)27-23)26-17-20(24)15-19-12-10-18(2)11-13-19/h10-13,16H,4-9,14-15,17H2,1-3H3. The molecule has 0 saturated heterocycles. The summed E-state index contributed by atoms with van der Waals surface area (Å²) in [5, 5.41) is 0.0319. The Bertz CT molecular complexity index is 663. The van der Waals surface area contributed by atoms with E-state index < -0.39 is 0 Å². The molecule has 1 unspecified atom stereocenters. The molecule has 1 atom stereocenters. The lowest BCUT2D eigenvalue weighted by molar-refractivity contribution is -0.122. The van der Waals surface area contributed by atoms with E-state index >= 15 is 0 Å². The molecule has 1 aromatic carbocycles. The molecule has 0 spiro atoms. The van der Waals surface area contributed by atoms with E-state index in [9.17, 15) is 9.59 Å². The van der Waals surface area contributed by atoms with E-state index in [1.165, 1.54) is 49.4 Å². The van der Waals surface area contributed by atoms with Crippen molar-refractivity contribution in [2.75, 3.05) is 6.61 Å². The number of thioether (sulfide) groups is 1. The van der Waals surface area contributed by atoms with Crippen LogP contribution in [0.2, 0.25) is 0 Å². The fourth-order valence-corrected chi connectivity index (χ4v) is 4.39. The lowest BCUT2D eigenvalue weighted by Gasteiger charge is -2.26. The Balaban J connectivity index is 1.80. The number of hydrogen-bond donors (Lipinski definition) is 0. The first-order chi connectivity index (χ1) is 12.9. The highest BCUT2D eigenvalue weighted by atomic mass is 32.2. The Hall–Kier alpha value is -1.55. The van der Waals surface area contributed by atoms with Crippen molar-refractivity contribution in [1.82, 2.24) is 0 Å². The van der Waals surface area contributed by atoms with Crippen molar-refractivity contribution in [2.45, 2.75) is 76.9 Å². The SMILES string of the molecule is CCCCCCCCC1(C)SC(=O)C=C1OCC(=O)Cc1ccc(C)cc1. The summed E-state index contributed by atoms with van der Waals surface area (Å²) in [7, 11) is 0. The number of carbonyl (C=O) groups excluding carboxylic acids is 2. The van der Waals surface area contributed by atoms with Crippen LogP contribution < -0.4 is 0 Å². The lowest BCUT2D eigenvalue weighted by Crippen LogP contribution is -2.24. The quantitative estimate of drug-likeness (QED) is 0.425. The zero-order valence-electron chi connectivity index (χ0n) is 16.9. The van der Waals surface area contributed by atoms with E-state index in [4.69, 9.17) is 4.74 Å². The smallest absolute Gasteiger partial charge is 0.216 e. The summed E-state index contributed by atoms with van der Waals surface area (Å²) in [6, 6.07) is 7.97. The third-order valence-corrected chi connectivity index (χ3v) is 6.19. The zero-order valence-corrected chi connectivity index (χ0v) is 17.7. The summed E-state index contributed by atoms with van der Waals surface area (Å²) >= 11 is 1.33. The second-order valence-electron chi connectivity index (χ2n) is 7.67. The van der Waals surface area contributed by atoms with Gasteiger partial charge in [0, 0.05) is 12.5 Å². The second-order valence-corrected chi connectivity index (χ2v) is 9.18. The van der Waals surface area contributed by atoms with Crippen LogP contribution in [0.25, 0.3) is 0 Å². The first-order valence-corrected chi connectivity index (χ1v) is 10.9. The van der Waals surface area contributed by atoms with E-state index in [1.807, 2.05) is 31.2 Å². The number of ether oxygens (including phenoxy) is 1. The van der Waals surface area contributed by atoms with Gasteiger partial charge >= 0.3 is 0 Å². The molecule has 0 N–H and O–H groups in total. The van der Waals surface area contributed by atoms with Crippen LogP contribution in [0.1, 0.15) is 69.9 Å². The van der Waals surface area contributed by atoms with Gasteiger partial charge in [-0.2, -0.15) is 0 Å². The number of hydrogen-bond acceptors (Lipinski definition) is 4. The molecule has 0 radical (unpaired) electrons. The number of ketones is 1. The van der Waals surface area contributed by atoms with Gasteiger partial charge in [-0.25, -0.2) is 0 Å². The number of carbonyl (C=O) groups is 2. The molecule has 1 aliphatic heterocycles. The van der Waals surface area contributed by atoms with Crippen LogP contribution in [0.5, 0.6) is 0 Å². The van der Waals surface area contributed by atoms with Gasteiger partial charge in [-0.1, -0.05) is 87.0 Å². The van der Waals surface area contributed by atoms with Crippen LogP contribution in [0.4, 0.5) is 0 Å². The minimum absolute atomic E-state index is 0.0274. The van der Waals surface area contributed by atoms with Crippen molar-refractivity contribution in [2.24, 2.45) is 0 Å². The summed E-state index contributed by atoms with van der Waals surface area (Å²) in [5.74, 6) is 0.703. The van der Waals surface area contributed by atoms with Crippen molar-refractivity contribution < 1.29 is 14.3 Å². The maximum Gasteiger partial charge on any atom is 0.216 e. The molecule has 0 bridgehead atoms. The fourth-order valence-electron chi connectivity index (χ4n) is 3.32. The molecule has 1 aromatic rings. The van der Waals surface area contributed by atoms with Crippen molar-refractivity contribution in [1.29, 1.82) is 0 Å². The van der Waals surface area contributed by atoms with Crippen LogP contribution >= 0.6 is 11.8 Å². The van der Waals surface area contributed by atoms with Gasteiger partial charge in [0.25, 0.3) is 0 Å². The molecule has 1 aliphatic rings. The molecule has 0 aromatic heterocycles. The summed E-state index contributed by atoms with van der Waals surface area (Å²) < 4.78 is 5.48. The number of aryl methyl sites for hydroxylation is 1. The van der Waals surface area contributed by atoms with Crippen molar-refractivity contribution in [3.63, 3.8) is 0 Å². The molecule has 0 amide bonds. The number of rotatable bonds is 12. The van der Waals surface area contributed by atoms with E-state index in [2.05, 4.69) is 13.8 Å². The molecule has 2 rings (SSSR count). The summed E-state index contributed by atoms with van der Waals surface area (Å²) in [4.78, 5) is 24.2. The molecule has 3 nitrogen and oxygen atoms in total. The summed E-state index contributed by atoms with van der Waals surface area (Å²) in [6.07, 6.45) is 10.2. The van der Waals surface area contributed by atoms with Gasteiger partial charge in [0.05, 0.1) is 4.75 Å². The number of unbranched alkanes of at least 4 members (excludes halogenated alkanes) is 5. The van der Waals surface area contributed by atoms with E-state index in [1.54, 1.807) is 6.08 Å². The topological polar surface area (TPSA) is 43.4 Å². The lowest BCUT2D eigenvalue weighted by atomic mass is 9.99. The van der Waals surface area contributed by atoms with Crippen LogP contribution in [0, 0.1) is 6.92 Å². The van der Waals surface area contributed by atoms with Gasteiger partial charge in [0.1, 0.15) is 12.4 Å². The first kappa shape index (κ1) is 21.7. The van der Waals surface area contributed by atoms with Crippen LogP contribution in [0.3, 0.4) is 0 Å². The van der Waals surface area contributed by atoms with Crippen LogP contribution in [-0.2, 0) is 20.7 Å². The molecular weight excluding hydrogens is 356 g/mol. The maximum absolute atomic E-state index is 12.3. The fraction of sp³-hybridized carbons (Fsp3) is 0.565. The van der Waals surface area contributed by atoms with Gasteiger partial charge in [-0.15, -0.1) is 0 Å². The van der Waals surface area contributed by atoms with Crippen molar-refractivity contribution in [3.8, 4) is 0 Å². The molecule has 0 saturated carbocycles. The van der Waals surface area contributed by atoms with Crippen LogP contribution in [-0.4, -0.2) is 22.3 Å². The zero-order chi connectivity index (χ0) is 19.7. The Morgan fingerprint density at radius 3 is 2.44 bits per heavy atom. The number of benzene rings is 1. The third-order valence-electron chi connectivity index (χ3n) is 5.01. The van der Waals surface area contributed by atoms with E-state index in [0.717, 1.165) is 18.4 Å². The molecule has 0 aliphatic carbocycles. The highest BCUT2D eigenvalue weighted by Gasteiger charge is 2.39. The Morgan fingerprint density at radius 2 is 1.74 bits per heavy atom. The Morgan fingerprint density at radius 1 is 1.07 bits per heavy atom. The predicted molar refractivity (Wildman–Crippen MR) is 113 cm³/mol. The monoisotopic (exact) mass is 388 g/mol. The minimum atomic E-state index is -0.327.